The van der Waals surface area contributed by atoms with Crippen molar-refractivity contribution in [2.24, 2.45) is 0 Å². The summed E-state index contributed by atoms with van der Waals surface area (Å²) in [6.45, 7) is 36.9. The standard InChI is InChI=1S/C112H110N20/c1-17-63-37-71-47-113-55-121-97(71)79(25-9)105(63)129(106-64(18-2)38-72-48-114-56-122-98(72)80(106)26-10)91-45-92(130(107-65(19-3)39-73-49-115-57-123-99(73)81(107)27-11)108-66(20-4)40-74-50-116-58-124-100(74)82(108)28-12)88-35-36-90-94(132(111-69(23-7)43-77-53-119-61-127-103(77)85(111)31-15)112-70(24-8)44-78-54-120-62-128-104(78)86(112)32-16)46-93(89-34-33-87(91)95(88)96(89)90)131(109-67(21-5)41-75-51-117-59-125-101(75)83(109)29-13)110-68(22-6)42-76-52-118-60-126-102(76)84(110)30-14/h33-62H,17-32H2,1-16H3. The first-order valence-corrected chi connectivity index (χ1v) is 47.8. The van der Waals surface area contributed by atoms with Crippen molar-refractivity contribution >= 4 is 188 Å². The Kier molecular flexibility index (Phi) is 23.0. The van der Waals surface area contributed by atoms with E-state index in [0.29, 0.717) is 103 Å². The zero-order valence-electron chi connectivity index (χ0n) is 78.6. The van der Waals surface area contributed by atoms with Crippen LogP contribution in [0.25, 0.3) is 120 Å². The third kappa shape index (κ3) is 13.5. The summed E-state index contributed by atoms with van der Waals surface area (Å²) in [6.07, 6.45) is 40.4. The molecule has 132 heavy (non-hydrogen) atoms. The number of aromatic nitrogens is 16. The van der Waals surface area contributed by atoms with Crippen molar-refractivity contribution in [3.8, 4) is 0 Å². The summed E-state index contributed by atoms with van der Waals surface area (Å²) in [5.74, 6) is 0. The van der Waals surface area contributed by atoms with Gasteiger partial charge >= 0.3 is 0 Å². The molecule has 8 heterocycles. The number of benzene rings is 12. The molecule has 20 aromatic rings. The van der Waals surface area contributed by atoms with E-state index in [1.165, 1.54) is 0 Å². The normalized spacial score (nSPS) is 12.0. The lowest BCUT2D eigenvalue weighted by atomic mass is 9.86. The fourth-order valence-corrected chi connectivity index (χ4v) is 22.2. The van der Waals surface area contributed by atoms with Crippen molar-refractivity contribution in [2.75, 3.05) is 19.6 Å². The maximum absolute atomic E-state index is 5.37. The Hall–Kier alpha value is -14.4. The first-order valence-electron chi connectivity index (χ1n) is 47.8. The van der Waals surface area contributed by atoms with Crippen LogP contribution in [-0.2, 0) is 103 Å². The molecule has 0 aliphatic rings. The van der Waals surface area contributed by atoms with Gasteiger partial charge in [0.15, 0.2) is 0 Å². The van der Waals surface area contributed by atoms with Gasteiger partial charge in [-0.15, -0.1) is 0 Å². The van der Waals surface area contributed by atoms with Crippen LogP contribution in [0.3, 0.4) is 0 Å². The number of fused-ring (bicyclic) bond motifs is 8. The van der Waals surface area contributed by atoms with Crippen LogP contribution in [-0.4, -0.2) is 79.7 Å². The molecule has 0 N–H and O–H groups in total. The number of hydrogen-bond acceptors (Lipinski definition) is 20. The molecule has 20 heteroatoms. The van der Waals surface area contributed by atoms with Crippen molar-refractivity contribution in [1.82, 2.24) is 79.7 Å². The summed E-state index contributed by atoms with van der Waals surface area (Å²) < 4.78 is 0. The van der Waals surface area contributed by atoms with Crippen LogP contribution in [0.2, 0.25) is 0 Å². The molecule has 20 rings (SSSR count). The highest BCUT2D eigenvalue weighted by Crippen LogP contribution is 2.61. The molecule has 0 fully saturated rings. The molecule has 0 amide bonds. The number of nitrogens with zero attached hydrogens (tertiary/aromatic N) is 20. The highest BCUT2D eigenvalue weighted by molar-refractivity contribution is 6.34. The summed E-state index contributed by atoms with van der Waals surface area (Å²) >= 11 is 0. The van der Waals surface area contributed by atoms with Crippen LogP contribution in [0.5, 0.6) is 0 Å². The highest BCUT2D eigenvalue weighted by atomic mass is 15.2. The maximum Gasteiger partial charge on any atom is 0.116 e. The first kappa shape index (κ1) is 85.7. The number of aryl methyl sites for hydroxylation is 16. The fraction of sp³-hybridized carbons (Fsp3) is 0.286. The smallest absolute Gasteiger partial charge is 0.116 e. The van der Waals surface area contributed by atoms with Crippen molar-refractivity contribution in [2.45, 2.75) is 214 Å². The van der Waals surface area contributed by atoms with E-state index in [-0.39, 0.29) is 0 Å². The predicted molar refractivity (Wildman–Crippen MR) is 544 cm³/mol. The van der Waals surface area contributed by atoms with E-state index in [2.05, 4.69) is 215 Å². The van der Waals surface area contributed by atoms with Crippen LogP contribution in [0, 0.1) is 0 Å². The molecule has 0 spiro atoms. The average molecular weight is 1740 g/mol. The fourth-order valence-electron chi connectivity index (χ4n) is 22.2. The second-order valence-corrected chi connectivity index (χ2v) is 34.5. The predicted octanol–water partition coefficient (Wildman–Crippen LogP) is 27.0. The summed E-state index contributed by atoms with van der Waals surface area (Å²) in [6, 6.07) is 34.1. The van der Waals surface area contributed by atoms with Gasteiger partial charge in [-0.2, -0.15) is 0 Å². The molecule has 0 saturated carbocycles. The average Bonchev–Trinajstić information content (AvgIpc) is 0.685. The summed E-state index contributed by atoms with van der Waals surface area (Å²) in [4.78, 5) is 91.9. The van der Waals surface area contributed by atoms with E-state index >= 15 is 0 Å². The second-order valence-electron chi connectivity index (χ2n) is 34.5. The van der Waals surface area contributed by atoms with Gasteiger partial charge in [0.2, 0.25) is 0 Å². The lowest BCUT2D eigenvalue weighted by Crippen LogP contribution is -2.22. The number of rotatable bonds is 28. The SMILES string of the molecule is CCc1cc2cncnc2c(CC)c1N(c1c(CC)cc2cncnc2c1CC)c1cc(N(c2c(CC)cc3cncnc3c2CC)c2c(CC)cc3cncnc3c2CC)c2ccc3c(N(c4c(CC)cc5cncnc5c4CC)c4c(CC)cc5cncnc5c4CC)cc(N(c4c(CC)cc5cncnc5c4CC)c4c(CC)cc5cncnc5c4CC)c4ccc1c2c43. The molecule has 12 aromatic carbocycles. The van der Waals surface area contributed by atoms with Crippen LogP contribution in [0.4, 0.5) is 68.2 Å². The minimum atomic E-state index is 0.646. The number of anilines is 12. The van der Waals surface area contributed by atoms with Gasteiger partial charge in [0.05, 0.1) is 112 Å². The van der Waals surface area contributed by atoms with E-state index in [1.54, 1.807) is 50.6 Å². The lowest BCUT2D eigenvalue weighted by molar-refractivity contribution is 1.02. The largest absolute Gasteiger partial charge is 0.309 e. The Morgan fingerprint density at radius 1 is 0.174 bits per heavy atom. The molecule has 0 aliphatic carbocycles. The van der Waals surface area contributed by atoms with Gasteiger partial charge in [0, 0.05) is 169 Å². The molecular weight excluding hydrogens is 1630 g/mol. The third-order valence-corrected chi connectivity index (χ3v) is 28.0. The topological polar surface area (TPSA) is 219 Å². The van der Waals surface area contributed by atoms with E-state index in [0.717, 1.165) is 277 Å². The van der Waals surface area contributed by atoms with Gasteiger partial charge in [0.1, 0.15) is 50.6 Å². The monoisotopic (exact) mass is 1730 g/mol. The Labute approximate surface area is 770 Å². The van der Waals surface area contributed by atoms with Gasteiger partial charge in [0.25, 0.3) is 0 Å². The molecule has 8 aromatic heterocycles. The van der Waals surface area contributed by atoms with Gasteiger partial charge in [-0.25, -0.2) is 79.7 Å². The summed E-state index contributed by atoms with van der Waals surface area (Å²) in [5, 5.41) is 14.2. The minimum absolute atomic E-state index is 0.646. The molecular formula is C112H110N20. The van der Waals surface area contributed by atoms with E-state index < -0.39 is 0 Å². The third-order valence-electron chi connectivity index (χ3n) is 28.0. The first-order chi connectivity index (χ1) is 64.8. The van der Waals surface area contributed by atoms with Crippen molar-refractivity contribution in [3.63, 3.8) is 0 Å². The van der Waals surface area contributed by atoms with Crippen LogP contribution < -0.4 is 19.6 Å². The summed E-state index contributed by atoms with van der Waals surface area (Å²) in [5.41, 5.74) is 37.9. The Balaban J connectivity index is 1.12. The molecule has 658 valence electrons. The maximum atomic E-state index is 5.37. The number of hydrogen-bond donors (Lipinski definition) is 0. The lowest BCUT2D eigenvalue weighted by Gasteiger charge is -2.39. The zero-order chi connectivity index (χ0) is 91.0. The molecule has 0 saturated heterocycles. The van der Waals surface area contributed by atoms with Crippen LogP contribution in [0.1, 0.15) is 200 Å². The van der Waals surface area contributed by atoms with E-state index in [1.807, 2.05) is 49.6 Å². The van der Waals surface area contributed by atoms with Crippen molar-refractivity contribution in [1.29, 1.82) is 0 Å². The van der Waals surface area contributed by atoms with E-state index in [4.69, 9.17) is 79.7 Å². The van der Waals surface area contributed by atoms with Gasteiger partial charge in [-0.05, 0) is 208 Å². The summed E-state index contributed by atoms with van der Waals surface area (Å²) in [7, 11) is 0. The Morgan fingerprint density at radius 3 is 0.432 bits per heavy atom. The van der Waals surface area contributed by atoms with Crippen molar-refractivity contribution < 1.29 is 0 Å². The highest BCUT2D eigenvalue weighted by Gasteiger charge is 2.39. The zero-order valence-corrected chi connectivity index (χ0v) is 78.6. The van der Waals surface area contributed by atoms with Gasteiger partial charge in [-0.3, -0.25) is 0 Å². The molecule has 0 bridgehead atoms. The second kappa shape index (κ2) is 35.5. The van der Waals surface area contributed by atoms with Gasteiger partial charge in [-0.1, -0.05) is 135 Å². The molecule has 0 aliphatic heterocycles. The van der Waals surface area contributed by atoms with Crippen molar-refractivity contribution in [3.05, 3.63) is 274 Å². The Bertz CT molecular complexity index is 6700. The quantitative estimate of drug-likeness (QED) is 0.0416. The Morgan fingerprint density at radius 2 is 0.311 bits per heavy atom. The minimum Gasteiger partial charge on any atom is -0.309 e. The van der Waals surface area contributed by atoms with Crippen LogP contribution in [0.15, 0.2) is 185 Å². The van der Waals surface area contributed by atoms with E-state index in [9.17, 15) is 0 Å². The molecule has 0 radical (unpaired) electrons. The van der Waals surface area contributed by atoms with Crippen LogP contribution >= 0.6 is 0 Å². The molecule has 0 unspecified atom stereocenters. The molecule has 0 atom stereocenters. The molecule has 20 nitrogen and oxygen atoms in total. The van der Waals surface area contributed by atoms with Gasteiger partial charge < -0.3 is 19.6 Å².